The van der Waals surface area contributed by atoms with E-state index < -0.39 is 0 Å². The minimum atomic E-state index is 0.0565. The first kappa shape index (κ1) is 20.3. The SMILES string of the molecule is C1CCSOC1.Oc1ccc(Cl)cc1Cl.Oc1cccc(Cl)c1. The van der Waals surface area contributed by atoms with Crippen molar-refractivity contribution in [3.63, 3.8) is 0 Å². The fourth-order valence-corrected chi connectivity index (χ4v) is 2.67. The van der Waals surface area contributed by atoms with Gasteiger partial charge in [-0.2, -0.15) is 0 Å². The molecule has 2 aromatic carbocycles. The highest BCUT2D eigenvalue weighted by atomic mass is 35.5. The molecule has 0 radical (unpaired) electrons. The van der Waals surface area contributed by atoms with E-state index in [-0.39, 0.29) is 16.5 Å². The standard InChI is InChI=1S/C6H4Cl2O.C6H5ClO.C4H8OS/c7-4-1-2-6(9)5(8)3-4;7-5-2-1-3-6(8)4-5;1-2-4-6-5-3-1/h1-3,9H;1-4,8H;1-4H2. The Kier molecular flexibility index (Phi) is 10.3. The summed E-state index contributed by atoms with van der Waals surface area (Å²) in [6.07, 6.45) is 2.59. The number of halogens is 3. The largest absolute Gasteiger partial charge is 0.508 e. The quantitative estimate of drug-likeness (QED) is 0.522. The summed E-state index contributed by atoms with van der Waals surface area (Å²) >= 11 is 18.1. The Bertz CT molecular complexity index is 564. The zero-order valence-corrected chi connectivity index (χ0v) is 15.3. The number of phenolic OH excluding ortho intramolecular Hbond substituents is 2. The summed E-state index contributed by atoms with van der Waals surface area (Å²) in [5.41, 5.74) is 0. The summed E-state index contributed by atoms with van der Waals surface area (Å²) in [4.78, 5) is 0. The highest BCUT2D eigenvalue weighted by Gasteiger charge is 1.96. The molecule has 126 valence electrons. The van der Waals surface area contributed by atoms with Crippen LogP contribution in [0.2, 0.25) is 15.1 Å². The Morgan fingerprint density at radius 1 is 0.913 bits per heavy atom. The summed E-state index contributed by atoms with van der Waals surface area (Å²) in [6.45, 7) is 0.963. The molecule has 1 saturated heterocycles. The number of hydrogen-bond donors (Lipinski definition) is 2. The Hall–Kier alpha value is -0.780. The lowest BCUT2D eigenvalue weighted by Gasteiger charge is -2.06. The van der Waals surface area contributed by atoms with Crippen molar-refractivity contribution in [3.8, 4) is 11.5 Å². The van der Waals surface area contributed by atoms with E-state index in [1.165, 1.54) is 36.8 Å². The minimum absolute atomic E-state index is 0.0565. The number of aromatic hydroxyl groups is 2. The lowest BCUT2D eigenvalue weighted by molar-refractivity contribution is 0.346. The fourth-order valence-electron chi connectivity index (χ4n) is 1.40. The molecule has 1 heterocycles. The maximum Gasteiger partial charge on any atom is 0.134 e. The van der Waals surface area contributed by atoms with Crippen LogP contribution in [0.15, 0.2) is 42.5 Å². The second-order valence-electron chi connectivity index (χ2n) is 4.43. The number of phenols is 2. The molecule has 0 saturated carbocycles. The highest BCUT2D eigenvalue weighted by Crippen LogP contribution is 2.25. The van der Waals surface area contributed by atoms with Crippen LogP contribution in [0.5, 0.6) is 11.5 Å². The van der Waals surface area contributed by atoms with Gasteiger partial charge in [0.1, 0.15) is 11.5 Å². The molecule has 0 amide bonds. The lowest BCUT2D eigenvalue weighted by atomic mass is 10.3. The molecule has 2 aromatic rings. The summed E-state index contributed by atoms with van der Waals surface area (Å²) in [6, 6.07) is 11.0. The monoisotopic (exact) mass is 394 g/mol. The van der Waals surface area contributed by atoms with Crippen LogP contribution >= 0.6 is 46.8 Å². The van der Waals surface area contributed by atoms with Gasteiger partial charge in [0.25, 0.3) is 0 Å². The molecule has 0 aliphatic carbocycles. The third-order valence-corrected chi connectivity index (χ3v) is 4.07. The number of rotatable bonds is 0. The molecule has 0 bridgehead atoms. The van der Waals surface area contributed by atoms with Gasteiger partial charge in [-0.05, 0) is 61.3 Å². The third-order valence-electron chi connectivity index (χ3n) is 2.51. The number of benzene rings is 2. The van der Waals surface area contributed by atoms with Crippen molar-refractivity contribution in [2.24, 2.45) is 0 Å². The van der Waals surface area contributed by atoms with Crippen molar-refractivity contribution in [1.82, 2.24) is 0 Å². The van der Waals surface area contributed by atoms with Crippen LogP contribution in [0, 0.1) is 0 Å². The van der Waals surface area contributed by atoms with E-state index in [1.807, 2.05) is 0 Å². The minimum Gasteiger partial charge on any atom is -0.508 e. The third kappa shape index (κ3) is 9.84. The van der Waals surface area contributed by atoms with Gasteiger partial charge in [-0.3, -0.25) is 0 Å². The van der Waals surface area contributed by atoms with E-state index >= 15 is 0 Å². The van der Waals surface area contributed by atoms with E-state index in [1.54, 1.807) is 36.3 Å². The maximum atomic E-state index is 8.85. The van der Waals surface area contributed by atoms with Gasteiger partial charge in [0.15, 0.2) is 0 Å². The molecule has 3 rings (SSSR count). The van der Waals surface area contributed by atoms with Crippen LogP contribution in [0.4, 0.5) is 0 Å². The van der Waals surface area contributed by atoms with Crippen molar-refractivity contribution >= 4 is 46.8 Å². The van der Waals surface area contributed by atoms with Crippen LogP contribution in [-0.4, -0.2) is 22.6 Å². The van der Waals surface area contributed by atoms with Crippen molar-refractivity contribution in [1.29, 1.82) is 0 Å². The first-order valence-electron chi connectivity index (χ1n) is 6.82. The van der Waals surface area contributed by atoms with Crippen molar-refractivity contribution in [3.05, 3.63) is 57.5 Å². The zero-order chi connectivity index (χ0) is 17.1. The molecular weight excluding hydrogens is 379 g/mol. The van der Waals surface area contributed by atoms with Crippen LogP contribution in [-0.2, 0) is 4.18 Å². The van der Waals surface area contributed by atoms with E-state index in [9.17, 15) is 0 Å². The van der Waals surface area contributed by atoms with Gasteiger partial charge in [0.2, 0.25) is 0 Å². The summed E-state index contributed by atoms with van der Waals surface area (Å²) in [5, 5.41) is 18.9. The average Bonchev–Trinajstić information content (AvgIpc) is 2.54. The van der Waals surface area contributed by atoms with Crippen molar-refractivity contribution < 1.29 is 14.4 Å². The molecular formula is C16H17Cl3O3S. The second kappa shape index (κ2) is 11.7. The molecule has 7 heteroatoms. The van der Waals surface area contributed by atoms with E-state index in [4.69, 9.17) is 49.2 Å². The molecule has 3 nitrogen and oxygen atoms in total. The number of hydrogen-bond acceptors (Lipinski definition) is 4. The Labute approximate surface area is 155 Å². The molecule has 1 aliphatic rings. The van der Waals surface area contributed by atoms with Crippen molar-refractivity contribution in [2.45, 2.75) is 12.8 Å². The maximum absolute atomic E-state index is 8.85. The molecule has 0 atom stereocenters. The van der Waals surface area contributed by atoms with Crippen LogP contribution in [0.25, 0.3) is 0 Å². The normalized spacial score (nSPS) is 13.2. The van der Waals surface area contributed by atoms with E-state index in [0.29, 0.717) is 10.0 Å². The predicted octanol–water partition coefficient (Wildman–Crippen LogP) is 6.19. The van der Waals surface area contributed by atoms with Crippen molar-refractivity contribution in [2.75, 3.05) is 12.4 Å². The fraction of sp³-hybridized carbons (Fsp3) is 0.250. The molecule has 2 N–H and O–H groups in total. The lowest BCUT2D eigenvalue weighted by Crippen LogP contribution is -1.95. The van der Waals surface area contributed by atoms with Gasteiger partial charge in [-0.25, -0.2) is 0 Å². The van der Waals surface area contributed by atoms with Crippen LogP contribution < -0.4 is 0 Å². The Balaban J connectivity index is 0.000000176. The molecule has 0 aromatic heterocycles. The first-order valence-corrected chi connectivity index (χ1v) is 8.86. The topological polar surface area (TPSA) is 49.7 Å². The summed E-state index contributed by atoms with van der Waals surface area (Å²) < 4.78 is 4.99. The van der Waals surface area contributed by atoms with Crippen LogP contribution in [0.1, 0.15) is 12.8 Å². The molecule has 0 spiro atoms. The van der Waals surface area contributed by atoms with Crippen LogP contribution in [0.3, 0.4) is 0 Å². The average molecular weight is 396 g/mol. The van der Waals surface area contributed by atoms with Gasteiger partial charge >= 0.3 is 0 Å². The van der Waals surface area contributed by atoms with E-state index in [2.05, 4.69) is 0 Å². The Morgan fingerprint density at radius 3 is 2.00 bits per heavy atom. The van der Waals surface area contributed by atoms with Gasteiger partial charge in [0, 0.05) is 15.8 Å². The second-order valence-corrected chi connectivity index (χ2v) is 6.59. The molecule has 1 fully saturated rings. The predicted molar refractivity (Wildman–Crippen MR) is 98.9 cm³/mol. The summed E-state index contributed by atoms with van der Waals surface area (Å²) in [7, 11) is 0. The molecule has 1 aliphatic heterocycles. The molecule has 0 unspecified atom stereocenters. The smallest absolute Gasteiger partial charge is 0.134 e. The summed E-state index contributed by atoms with van der Waals surface area (Å²) in [5.74, 6) is 1.46. The first-order chi connectivity index (χ1) is 11.0. The van der Waals surface area contributed by atoms with E-state index in [0.717, 1.165) is 6.61 Å². The van der Waals surface area contributed by atoms with Gasteiger partial charge in [0.05, 0.1) is 11.6 Å². The molecule has 23 heavy (non-hydrogen) atoms. The van der Waals surface area contributed by atoms with Gasteiger partial charge in [-0.1, -0.05) is 40.9 Å². The zero-order valence-electron chi connectivity index (χ0n) is 12.2. The Morgan fingerprint density at radius 2 is 1.65 bits per heavy atom. The van der Waals surface area contributed by atoms with Gasteiger partial charge < -0.3 is 14.4 Å². The highest BCUT2D eigenvalue weighted by molar-refractivity contribution is 7.94. The van der Waals surface area contributed by atoms with Gasteiger partial charge in [-0.15, -0.1) is 0 Å².